The zero-order valence-electron chi connectivity index (χ0n) is 25.4. The normalized spacial score (nSPS) is 18.5. The fraction of sp³-hybridized carbons (Fsp3) is 0.314. The lowest BCUT2D eigenvalue weighted by Gasteiger charge is -2.32. The SMILES string of the molecule is Cc1ccc(-c2c3nc(c(B4OC(C)(C)C(C)(C)O4)c4nc(cc5ccc(cc6ccc2[nH]6)[nH]5)C(C)(C)C4)C=C3)cc1. The first kappa shape index (κ1) is 26.9. The monoisotopic (exact) mass is 556 g/mol. The van der Waals surface area contributed by atoms with Crippen LogP contribution in [-0.2, 0) is 21.1 Å². The first-order valence-electron chi connectivity index (χ1n) is 14.7. The molecular formula is C35H37BN4O2. The number of aryl methyl sites for hydroxylation is 1. The number of rotatable bonds is 2. The van der Waals surface area contributed by atoms with Gasteiger partial charge in [0.05, 0.1) is 22.6 Å². The van der Waals surface area contributed by atoms with Crippen LogP contribution in [0.3, 0.4) is 0 Å². The lowest BCUT2D eigenvalue weighted by Crippen LogP contribution is -2.41. The maximum Gasteiger partial charge on any atom is 0.498 e. The average molecular weight is 557 g/mol. The summed E-state index contributed by atoms with van der Waals surface area (Å²) in [5.74, 6) is 0. The molecule has 0 amide bonds. The molecule has 0 spiro atoms. The summed E-state index contributed by atoms with van der Waals surface area (Å²) in [4.78, 5) is 17.7. The van der Waals surface area contributed by atoms with Gasteiger partial charge < -0.3 is 19.3 Å². The molecule has 8 bridgehead atoms. The van der Waals surface area contributed by atoms with Crippen molar-refractivity contribution in [3.8, 4) is 11.1 Å². The second-order valence-corrected chi connectivity index (χ2v) is 13.4. The predicted octanol–water partition coefficient (Wildman–Crippen LogP) is 7.28. The van der Waals surface area contributed by atoms with E-state index in [1.807, 2.05) is 0 Å². The Morgan fingerprint density at radius 1 is 0.714 bits per heavy atom. The number of nitrogens with zero attached hydrogens (tertiary/aromatic N) is 2. The summed E-state index contributed by atoms with van der Waals surface area (Å²) in [5.41, 5.74) is 10.9. The second-order valence-electron chi connectivity index (χ2n) is 13.4. The van der Waals surface area contributed by atoms with Crippen LogP contribution in [0.1, 0.15) is 69.9 Å². The van der Waals surface area contributed by atoms with Crippen molar-refractivity contribution in [2.45, 2.75) is 71.5 Å². The van der Waals surface area contributed by atoms with Crippen molar-refractivity contribution in [1.29, 1.82) is 0 Å². The van der Waals surface area contributed by atoms with E-state index >= 15 is 0 Å². The van der Waals surface area contributed by atoms with Crippen LogP contribution in [0.15, 0.2) is 60.7 Å². The molecule has 0 aliphatic carbocycles. The summed E-state index contributed by atoms with van der Waals surface area (Å²) in [6, 6.07) is 21.4. The Bertz CT molecular complexity index is 1900. The highest BCUT2D eigenvalue weighted by atomic mass is 16.7. The third kappa shape index (κ3) is 4.52. The molecule has 0 unspecified atom stereocenters. The minimum atomic E-state index is -0.586. The molecule has 1 fully saturated rings. The Kier molecular flexibility index (Phi) is 5.95. The quantitative estimate of drug-likeness (QED) is 0.224. The van der Waals surface area contributed by atoms with Crippen LogP contribution in [0.4, 0.5) is 0 Å². The number of nitrogens with one attached hydrogen (secondary N) is 2. The molecule has 1 aromatic carbocycles. The number of hydrogen-bond donors (Lipinski definition) is 2. The topological polar surface area (TPSA) is 75.8 Å². The van der Waals surface area contributed by atoms with Gasteiger partial charge in [0.15, 0.2) is 0 Å². The van der Waals surface area contributed by atoms with Crippen molar-refractivity contribution >= 4 is 46.8 Å². The van der Waals surface area contributed by atoms with Crippen LogP contribution < -0.4 is 5.46 Å². The summed E-state index contributed by atoms with van der Waals surface area (Å²) in [7, 11) is -0.586. The maximum atomic E-state index is 6.64. The maximum absolute atomic E-state index is 6.64. The van der Waals surface area contributed by atoms with Gasteiger partial charge in [0.1, 0.15) is 0 Å². The van der Waals surface area contributed by atoms with Crippen molar-refractivity contribution in [2.24, 2.45) is 0 Å². The van der Waals surface area contributed by atoms with Gasteiger partial charge >= 0.3 is 7.12 Å². The Morgan fingerprint density at radius 3 is 2.05 bits per heavy atom. The number of H-pyrrole nitrogens is 2. The van der Waals surface area contributed by atoms with Gasteiger partial charge in [-0.15, -0.1) is 0 Å². The van der Waals surface area contributed by atoms with Gasteiger partial charge in [-0.3, -0.25) is 4.98 Å². The molecule has 3 aliphatic heterocycles. The standard InChI is InChI=1S/C35H37BN4O2/c1-21-8-10-22(11-9-21)31-26-15-14-24(38-26)18-23-12-13-25(37-23)19-30-33(2,3)20-29(40-30)32(28-17-16-27(31)39-28)36-41-34(4,5)35(6,7)42-36/h8-19,37-38H,20H2,1-7H3. The van der Waals surface area contributed by atoms with E-state index in [0.717, 1.165) is 67.9 Å². The molecule has 6 heterocycles. The Balaban J connectivity index is 1.59. The van der Waals surface area contributed by atoms with E-state index < -0.39 is 18.3 Å². The minimum Gasteiger partial charge on any atom is -0.399 e. The molecule has 7 rings (SSSR count). The van der Waals surface area contributed by atoms with Crippen LogP contribution in [0, 0.1) is 6.92 Å². The summed E-state index contributed by atoms with van der Waals surface area (Å²) in [6.07, 6.45) is 4.95. The van der Waals surface area contributed by atoms with Crippen LogP contribution in [0.25, 0.3) is 45.3 Å². The van der Waals surface area contributed by atoms with Crippen molar-refractivity contribution in [2.75, 3.05) is 0 Å². The molecule has 0 saturated carbocycles. The van der Waals surface area contributed by atoms with Crippen molar-refractivity contribution in [3.05, 3.63) is 89.0 Å². The second kappa shape index (κ2) is 9.28. The highest BCUT2D eigenvalue weighted by Gasteiger charge is 2.53. The smallest absolute Gasteiger partial charge is 0.399 e. The molecule has 7 heteroatoms. The molecule has 1 saturated heterocycles. The lowest BCUT2D eigenvalue weighted by atomic mass is 9.74. The van der Waals surface area contributed by atoms with Crippen LogP contribution in [-0.4, -0.2) is 38.3 Å². The van der Waals surface area contributed by atoms with Gasteiger partial charge in [0, 0.05) is 56.3 Å². The zero-order valence-corrected chi connectivity index (χ0v) is 25.4. The average Bonchev–Trinajstić information content (AvgIpc) is 3.72. The molecule has 3 aromatic heterocycles. The summed E-state index contributed by atoms with van der Waals surface area (Å²) in [6.45, 7) is 14.9. The minimum absolute atomic E-state index is 0.171. The molecular weight excluding hydrogens is 519 g/mol. The van der Waals surface area contributed by atoms with Gasteiger partial charge in [0.2, 0.25) is 0 Å². The largest absolute Gasteiger partial charge is 0.498 e. The molecule has 4 aromatic rings. The number of aromatic amines is 2. The van der Waals surface area contributed by atoms with Gasteiger partial charge in [-0.05, 0) is 88.7 Å². The molecule has 0 radical (unpaired) electrons. The highest BCUT2D eigenvalue weighted by Crippen LogP contribution is 2.39. The number of hydrogen-bond acceptors (Lipinski definition) is 4. The fourth-order valence-electron chi connectivity index (χ4n) is 5.96. The van der Waals surface area contributed by atoms with Crippen molar-refractivity contribution < 1.29 is 9.31 Å². The van der Waals surface area contributed by atoms with Gasteiger partial charge in [-0.25, -0.2) is 4.98 Å². The first-order valence-corrected chi connectivity index (χ1v) is 14.7. The molecule has 3 aliphatic rings. The Labute approximate surface area is 247 Å². The number of benzene rings is 1. The van der Waals surface area contributed by atoms with Crippen LogP contribution >= 0.6 is 0 Å². The van der Waals surface area contributed by atoms with E-state index in [9.17, 15) is 0 Å². The third-order valence-electron chi connectivity index (χ3n) is 9.18. The van der Waals surface area contributed by atoms with E-state index in [2.05, 4.69) is 131 Å². The molecule has 0 atom stereocenters. The van der Waals surface area contributed by atoms with Gasteiger partial charge in [-0.2, -0.15) is 0 Å². The Morgan fingerprint density at radius 2 is 1.33 bits per heavy atom. The number of aromatic nitrogens is 4. The third-order valence-corrected chi connectivity index (χ3v) is 9.18. The van der Waals surface area contributed by atoms with E-state index in [1.54, 1.807) is 0 Å². The predicted molar refractivity (Wildman–Crippen MR) is 173 cm³/mol. The highest BCUT2D eigenvalue weighted by molar-refractivity contribution is 6.63. The van der Waals surface area contributed by atoms with E-state index in [1.165, 1.54) is 5.56 Å². The summed E-state index contributed by atoms with van der Waals surface area (Å²) < 4.78 is 13.3. The fourth-order valence-corrected chi connectivity index (χ4v) is 5.96. The molecule has 212 valence electrons. The first-order chi connectivity index (χ1) is 19.9. The van der Waals surface area contributed by atoms with Crippen LogP contribution in [0.5, 0.6) is 0 Å². The molecule has 6 nitrogen and oxygen atoms in total. The van der Waals surface area contributed by atoms with Gasteiger partial charge in [-0.1, -0.05) is 43.7 Å². The summed E-state index contributed by atoms with van der Waals surface area (Å²) in [5, 5.41) is 0. The van der Waals surface area contributed by atoms with E-state index in [0.29, 0.717) is 0 Å². The molecule has 42 heavy (non-hydrogen) atoms. The van der Waals surface area contributed by atoms with Gasteiger partial charge in [0.25, 0.3) is 0 Å². The van der Waals surface area contributed by atoms with Crippen molar-refractivity contribution in [3.63, 3.8) is 0 Å². The zero-order chi connectivity index (χ0) is 29.4. The van der Waals surface area contributed by atoms with E-state index in [-0.39, 0.29) is 5.41 Å². The molecule has 2 N–H and O–H groups in total. The summed E-state index contributed by atoms with van der Waals surface area (Å²) >= 11 is 0. The Hall–Kier alpha value is -3.94. The lowest BCUT2D eigenvalue weighted by molar-refractivity contribution is 0.00578. The van der Waals surface area contributed by atoms with E-state index in [4.69, 9.17) is 19.3 Å². The number of fused-ring (bicyclic) bond motifs is 8. The van der Waals surface area contributed by atoms with Crippen molar-refractivity contribution in [1.82, 2.24) is 19.9 Å². The van der Waals surface area contributed by atoms with Crippen LogP contribution in [0.2, 0.25) is 0 Å².